The average molecular weight is 385 g/mol. The number of benzene rings is 1. The number of carbonyl (C=O) groups is 1. The summed E-state index contributed by atoms with van der Waals surface area (Å²) in [6, 6.07) is 4.17. The first-order chi connectivity index (χ1) is 10.2. The number of ether oxygens (including phenoxy) is 1. The van der Waals surface area contributed by atoms with E-state index < -0.39 is 12.1 Å². The highest BCUT2D eigenvalue weighted by atomic mass is 79.9. The number of hydrogen-bond acceptors (Lipinski definition) is 2. The fourth-order valence-corrected chi connectivity index (χ4v) is 2.86. The van der Waals surface area contributed by atoms with E-state index in [0.717, 1.165) is 10.0 Å². The van der Waals surface area contributed by atoms with Crippen molar-refractivity contribution in [2.24, 2.45) is 5.92 Å². The molecule has 0 saturated carbocycles. The van der Waals surface area contributed by atoms with Gasteiger partial charge in [-0.05, 0) is 38.4 Å². The van der Waals surface area contributed by atoms with Gasteiger partial charge in [-0.2, -0.15) is 0 Å². The number of aliphatic carboxylic acids is 1. The zero-order chi connectivity index (χ0) is 18.2. The maximum absolute atomic E-state index is 11.5. The molecule has 1 unspecified atom stereocenters. The van der Waals surface area contributed by atoms with E-state index in [0.29, 0.717) is 5.75 Å². The number of rotatable bonds is 4. The van der Waals surface area contributed by atoms with Crippen molar-refractivity contribution >= 4 is 21.9 Å². The summed E-state index contributed by atoms with van der Waals surface area (Å²) >= 11 is 3.59. The van der Waals surface area contributed by atoms with Gasteiger partial charge in [0.25, 0.3) is 0 Å². The van der Waals surface area contributed by atoms with Gasteiger partial charge in [-0.25, -0.2) is 4.79 Å². The molecule has 1 atom stereocenters. The van der Waals surface area contributed by atoms with Crippen LogP contribution in [0.3, 0.4) is 0 Å². The second kappa shape index (κ2) is 6.84. The van der Waals surface area contributed by atoms with E-state index in [1.54, 1.807) is 0 Å². The molecule has 0 bridgehead atoms. The fraction of sp³-hybridized carbons (Fsp3) is 0.632. The van der Waals surface area contributed by atoms with Crippen molar-refractivity contribution in [2.45, 2.75) is 72.3 Å². The van der Waals surface area contributed by atoms with Crippen LogP contribution in [0.25, 0.3) is 0 Å². The van der Waals surface area contributed by atoms with Crippen molar-refractivity contribution in [1.29, 1.82) is 0 Å². The summed E-state index contributed by atoms with van der Waals surface area (Å²) in [7, 11) is 0. The van der Waals surface area contributed by atoms with Crippen LogP contribution >= 0.6 is 15.9 Å². The van der Waals surface area contributed by atoms with Crippen molar-refractivity contribution in [3.63, 3.8) is 0 Å². The number of carboxylic acids is 1. The molecule has 0 fully saturated rings. The third kappa shape index (κ3) is 4.97. The molecule has 130 valence electrons. The Hall–Kier alpha value is -1.03. The van der Waals surface area contributed by atoms with E-state index in [-0.39, 0.29) is 16.7 Å². The van der Waals surface area contributed by atoms with E-state index >= 15 is 0 Å². The first kappa shape index (κ1) is 20.0. The van der Waals surface area contributed by atoms with Crippen LogP contribution in [0.1, 0.15) is 66.5 Å². The number of hydrogen-bond donors (Lipinski definition) is 1. The van der Waals surface area contributed by atoms with Crippen molar-refractivity contribution in [1.82, 2.24) is 0 Å². The maximum atomic E-state index is 11.5. The summed E-state index contributed by atoms with van der Waals surface area (Å²) in [5, 5.41) is 9.43. The highest BCUT2D eigenvalue weighted by molar-refractivity contribution is 9.10. The van der Waals surface area contributed by atoms with Crippen molar-refractivity contribution in [3.8, 4) is 5.75 Å². The van der Waals surface area contributed by atoms with Crippen LogP contribution < -0.4 is 4.74 Å². The summed E-state index contributed by atoms with van der Waals surface area (Å²) < 4.78 is 6.75. The summed E-state index contributed by atoms with van der Waals surface area (Å²) in [6.45, 7) is 16.5. The smallest absolute Gasteiger partial charge is 0.345 e. The predicted octanol–water partition coefficient (Wildman–Crippen LogP) is 5.53. The topological polar surface area (TPSA) is 46.5 Å². The minimum Gasteiger partial charge on any atom is -0.478 e. The molecule has 0 aliphatic carbocycles. The summed E-state index contributed by atoms with van der Waals surface area (Å²) in [5.41, 5.74) is 2.06. The minimum absolute atomic E-state index is 0.00526. The Kier molecular flexibility index (Phi) is 5.95. The fourth-order valence-electron chi connectivity index (χ4n) is 2.30. The maximum Gasteiger partial charge on any atom is 0.345 e. The Balaban J connectivity index is 3.50. The van der Waals surface area contributed by atoms with Gasteiger partial charge in [-0.1, -0.05) is 61.5 Å². The highest BCUT2D eigenvalue weighted by Gasteiger charge is 2.30. The quantitative estimate of drug-likeness (QED) is 0.741. The van der Waals surface area contributed by atoms with E-state index in [1.807, 2.05) is 19.9 Å². The van der Waals surface area contributed by atoms with E-state index in [9.17, 15) is 9.90 Å². The first-order valence-electron chi connectivity index (χ1n) is 7.99. The van der Waals surface area contributed by atoms with Gasteiger partial charge in [-0.15, -0.1) is 0 Å². The van der Waals surface area contributed by atoms with Crippen LogP contribution in [0.15, 0.2) is 16.6 Å². The lowest BCUT2D eigenvalue weighted by Gasteiger charge is -2.30. The second-order valence-corrected chi connectivity index (χ2v) is 9.31. The summed E-state index contributed by atoms with van der Waals surface area (Å²) in [6.07, 6.45) is -0.868. The molecule has 3 nitrogen and oxygen atoms in total. The van der Waals surface area contributed by atoms with Gasteiger partial charge in [0.1, 0.15) is 5.75 Å². The molecule has 0 heterocycles. The summed E-state index contributed by atoms with van der Waals surface area (Å²) in [5.74, 6) is -0.423. The third-order valence-electron chi connectivity index (χ3n) is 3.81. The van der Waals surface area contributed by atoms with Crippen LogP contribution in [0.2, 0.25) is 0 Å². The largest absolute Gasteiger partial charge is 0.478 e. The molecule has 0 aliphatic heterocycles. The third-order valence-corrected chi connectivity index (χ3v) is 4.40. The highest BCUT2D eigenvalue weighted by Crippen LogP contribution is 2.41. The molecule has 0 radical (unpaired) electrons. The molecule has 1 rings (SSSR count). The van der Waals surface area contributed by atoms with Crippen LogP contribution in [0.5, 0.6) is 5.75 Å². The van der Waals surface area contributed by atoms with Gasteiger partial charge < -0.3 is 9.84 Å². The molecule has 0 aromatic heterocycles. The molecule has 1 N–H and O–H groups in total. The van der Waals surface area contributed by atoms with Gasteiger partial charge in [0.15, 0.2) is 6.10 Å². The van der Waals surface area contributed by atoms with E-state index in [4.69, 9.17) is 4.74 Å². The van der Waals surface area contributed by atoms with Gasteiger partial charge in [0.2, 0.25) is 0 Å². The Morgan fingerprint density at radius 3 is 1.96 bits per heavy atom. The van der Waals surface area contributed by atoms with Gasteiger partial charge >= 0.3 is 5.97 Å². The Morgan fingerprint density at radius 1 is 1.09 bits per heavy atom. The van der Waals surface area contributed by atoms with Gasteiger partial charge in [0.05, 0.1) is 4.47 Å². The standard InChI is InChI=1S/C19H29BrO3/c1-11(2)15(17(21)22)23-16-13(19(6,7)8)9-12(10-14(16)20)18(3,4)5/h9-11,15H,1-8H3,(H,21,22). The molecule has 0 saturated heterocycles. The zero-order valence-corrected chi connectivity index (χ0v) is 17.0. The van der Waals surface area contributed by atoms with Crippen LogP contribution in [-0.4, -0.2) is 17.2 Å². The predicted molar refractivity (Wildman–Crippen MR) is 98.4 cm³/mol. The first-order valence-corrected chi connectivity index (χ1v) is 8.78. The average Bonchev–Trinajstić information content (AvgIpc) is 2.32. The van der Waals surface area contributed by atoms with Crippen molar-refractivity contribution < 1.29 is 14.6 Å². The SMILES string of the molecule is CC(C)C(Oc1c(Br)cc(C(C)(C)C)cc1C(C)(C)C)C(=O)O. The Morgan fingerprint density at radius 2 is 1.61 bits per heavy atom. The lowest BCUT2D eigenvalue weighted by atomic mass is 9.80. The molecule has 0 aliphatic rings. The van der Waals surface area contributed by atoms with Crippen LogP contribution in [0.4, 0.5) is 0 Å². The van der Waals surface area contributed by atoms with Crippen LogP contribution in [-0.2, 0) is 15.6 Å². The van der Waals surface area contributed by atoms with Gasteiger partial charge in [-0.3, -0.25) is 0 Å². The monoisotopic (exact) mass is 384 g/mol. The van der Waals surface area contributed by atoms with Crippen molar-refractivity contribution in [3.05, 3.63) is 27.7 Å². The second-order valence-electron chi connectivity index (χ2n) is 8.46. The molecule has 23 heavy (non-hydrogen) atoms. The minimum atomic E-state index is -0.938. The van der Waals surface area contributed by atoms with Crippen molar-refractivity contribution in [2.75, 3.05) is 0 Å². The number of halogens is 1. The molecular formula is C19H29BrO3. The van der Waals surface area contributed by atoms with E-state index in [1.165, 1.54) is 5.56 Å². The van der Waals surface area contributed by atoms with E-state index in [2.05, 4.69) is 63.5 Å². The Labute approximate surface area is 148 Å². The molecule has 0 amide bonds. The molecule has 1 aromatic carbocycles. The molecule has 4 heteroatoms. The lowest BCUT2D eigenvalue weighted by molar-refractivity contribution is -0.147. The molecular weight excluding hydrogens is 356 g/mol. The molecule has 1 aromatic rings. The summed E-state index contributed by atoms with van der Waals surface area (Å²) in [4.78, 5) is 11.5. The van der Waals surface area contributed by atoms with Gasteiger partial charge in [0, 0.05) is 11.5 Å². The van der Waals surface area contributed by atoms with Crippen LogP contribution in [0, 0.1) is 5.92 Å². The lowest BCUT2D eigenvalue weighted by Crippen LogP contribution is -2.33. The number of carboxylic acid groups (broad SMARTS) is 1. The normalized spacial score (nSPS) is 14.0. The zero-order valence-electron chi connectivity index (χ0n) is 15.5. The molecule has 0 spiro atoms. The Bertz CT molecular complexity index is 578.